The topological polar surface area (TPSA) is 49.4 Å². The van der Waals surface area contributed by atoms with Gasteiger partial charge < -0.3 is 10.2 Å². The Morgan fingerprint density at radius 3 is 2.60 bits per heavy atom. The van der Waals surface area contributed by atoms with Gasteiger partial charge in [-0.15, -0.1) is 0 Å². The van der Waals surface area contributed by atoms with Crippen LogP contribution >= 0.6 is 0 Å². The van der Waals surface area contributed by atoms with Gasteiger partial charge in [-0.1, -0.05) is 0 Å². The molecule has 1 aliphatic heterocycles. The Bertz CT molecular complexity index is 511. The molecule has 1 aliphatic rings. The molecule has 4 nitrogen and oxygen atoms in total. The maximum absolute atomic E-state index is 13.2. The van der Waals surface area contributed by atoms with Gasteiger partial charge in [0.1, 0.15) is 5.82 Å². The summed E-state index contributed by atoms with van der Waals surface area (Å²) in [6.45, 7) is 3.07. The Hall–Kier alpha value is -1.91. The van der Waals surface area contributed by atoms with Crippen molar-refractivity contribution in [2.45, 2.75) is 26.2 Å². The molecular formula is C15H19FN2O2. The summed E-state index contributed by atoms with van der Waals surface area (Å²) in [5.41, 5.74) is 0.778. The highest BCUT2D eigenvalue weighted by molar-refractivity contribution is 6.00. The molecule has 0 spiro atoms. The summed E-state index contributed by atoms with van der Waals surface area (Å²) in [6.07, 6.45) is 3.23. The van der Waals surface area contributed by atoms with E-state index >= 15 is 0 Å². The quantitative estimate of drug-likeness (QED) is 0.861. The molecular weight excluding hydrogens is 259 g/mol. The van der Waals surface area contributed by atoms with Gasteiger partial charge in [0.15, 0.2) is 5.78 Å². The second-order valence-electron chi connectivity index (χ2n) is 5.04. The molecule has 1 aromatic carbocycles. The summed E-state index contributed by atoms with van der Waals surface area (Å²) in [7, 11) is 0. The number of nitrogens with zero attached hydrogens (tertiary/aromatic N) is 1. The van der Waals surface area contributed by atoms with Crippen LogP contribution in [0, 0.1) is 5.82 Å². The monoisotopic (exact) mass is 278 g/mol. The van der Waals surface area contributed by atoms with Crippen molar-refractivity contribution in [2.75, 3.05) is 25.0 Å². The van der Waals surface area contributed by atoms with Crippen molar-refractivity contribution >= 4 is 17.4 Å². The molecule has 0 aromatic heterocycles. The van der Waals surface area contributed by atoms with Crippen molar-refractivity contribution < 1.29 is 14.0 Å². The SMILES string of the molecule is CC(=O)c1ccc(F)cc1NCC(=O)N1CCCCC1. The van der Waals surface area contributed by atoms with Crippen LogP contribution in [0.4, 0.5) is 10.1 Å². The van der Waals surface area contributed by atoms with Gasteiger partial charge in [0.25, 0.3) is 0 Å². The lowest BCUT2D eigenvalue weighted by Gasteiger charge is -2.27. The van der Waals surface area contributed by atoms with Crippen LogP contribution in [0.5, 0.6) is 0 Å². The van der Waals surface area contributed by atoms with Crippen molar-refractivity contribution in [3.05, 3.63) is 29.6 Å². The van der Waals surface area contributed by atoms with Gasteiger partial charge in [0, 0.05) is 24.3 Å². The van der Waals surface area contributed by atoms with E-state index in [1.54, 1.807) is 0 Å². The molecule has 0 atom stereocenters. The zero-order chi connectivity index (χ0) is 14.5. The molecule has 0 unspecified atom stereocenters. The predicted octanol–water partition coefficient (Wildman–Crippen LogP) is 2.45. The fourth-order valence-corrected chi connectivity index (χ4v) is 2.40. The lowest BCUT2D eigenvalue weighted by Crippen LogP contribution is -2.39. The number of benzene rings is 1. The number of carbonyl (C=O) groups is 2. The van der Waals surface area contributed by atoms with Gasteiger partial charge in [-0.25, -0.2) is 4.39 Å². The van der Waals surface area contributed by atoms with Crippen molar-refractivity contribution in [3.8, 4) is 0 Å². The van der Waals surface area contributed by atoms with Gasteiger partial charge >= 0.3 is 0 Å². The molecule has 0 radical (unpaired) electrons. The van der Waals surface area contributed by atoms with E-state index in [2.05, 4.69) is 5.32 Å². The summed E-state index contributed by atoms with van der Waals surface area (Å²) in [5, 5.41) is 2.88. The van der Waals surface area contributed by atoms with E-state index in [0.717, 1.165) is 32.4 Å². The standard InChI is InChI=1S/C15H19FN2O2/c1-11(19)13-6-5-12(16)9-14(13)17-10-15(20)18-7-3-2-4-8-18/h5-6,9,17H,2-4,7-8,10H2,1H3. The molecule has 2 rings (SSSR count). The molecule has 5 heteroatoms. The van der Waals surface area contributed by atoms with Crippen molar-refractivity contribution in [1.29, 1.82) is 0 Å². The summed E-state index contributed by atoms with van der Waals surface area (Å²) in [6, 6.07) is 3.93. The predicted molar refractivity (Wildman–Crippen MR) is 75.3 cm³/mol. The van der Waals surface area contributed by atoms with E-state index in [9.17, 15) is 14.0 Å². The van der Waals surface area contributed by atoms with Crippen molar-refractivity contribution in [2.24, 2.45) is 0 Å². The van der Waals surface area contributed by atoms with Crippen LogP contribution in [0.1, 0.15) is 36.5 Å². The highest BCUT2D eigenvalue weighted by Gasteiger charge is 2.17. The molecule has 0 bridgehead atoms. The van der Waals surface area contributed by atoms with Gasteiger partial charge in [0.05, 0.1) is 6.54 Å². The molecule has 20 heavy (non-hydrogen) atoms. The minimum absolute atomic E-state index is 0.0107. The minimum atomic E-state index is -0.428. The Morgan fingerprint density at radius 2 is 1.95 bits per heavy atom. The maximum atomic E-state index is 13.2. The van der Waals surface area contributed by atoms with Crippen LogP contribution in [0.2, 0.25) is 0 Å². The molecule has 108 valence electrons. The smallest absolute Gasteiger partial charge is 0.241 e. The first kappa shape index (κ1) is 14.5. The normalized spacial score (nSPS) is 15.0. The fraction of sp³-hybridized carbons (Fsp3) is 0.467. The molecule has 1 saturated heterocycles. The highest BCUT2D eigenvalue weighted by Crippen LogP contribution is 2.18. The summed E-state index contributed by atoms with van der Waals surface area (Å²) < 4.78 is 13.2. The van der Waals surface area contributed by atoms with E-state index in [1.807, 2.05) is 4.90 Å². The van der Waals surface area contributed by atoms with E-state index in [4.69, 9.17) is 0 Å². The number of nitrogens with one attached hydrogen (secondary N) is 1. The largest absolute Gasteiger partial charge is 0.375 e. The number of carbonyl (C=O) groups excluding carboxylic acids is 2. The van der Waals surface area contributed by atoms with Crippen LogP contribution in [0.3, 0.4) is 0 Å². The van der Waals surface area contributed by atoms with E-state index in [0.29, 0.717) is 11.3 Å². The zero-order valence-corrected chi connectivity index (χ0v) is 11.6. The third-order valence-electron chi connectivity index (χ3n) is 3.50. The third kappa shape index (κ3) is 3.56. The first-order chi connectivity index (χ1) is 9.58. The van der Waals surface area contributed by atoms with Crippen LogP contribution < -0.4 is 5.32 Å². The lowest BCUT2D eigenvalue weighted by molar-refractivity contribution is -0.130. The van der Waals surface area contributed by atoms with Crippen LogP contribution in [-0.2, 0) is 4.79 Å². The number of halogens is 1. The van der Waals surface area contributed by atoms with Gasteiger partial charge in [-0.3, -0.25) is 9.59 Å². The Morgan fingerprint density at radius 1 is 1.25 bits per heavy atom. The van der Waals surface area contributed by atoms with Crippen molar-refractivity contribution in [1.82, 2.24) is 4.90 Å². The molecule has 1 amide bonds. The number of likely N-dealkylation sites (tertiary alicyclic amines) is 1. The van der Waals surface area contributed by atoms with Gasteiger partial charge in [-0.2, -0.15) is 0 Å². The molecule has 0 saturated carbocycles. The first-order valence-corrected chi connectivity index (χ1v) is 6.90. The number of rotatable bonds is 4. The number of ketones is 1. The first-order valence-electron chi connectivity index (χ1n) is 6.90. The highest BCUT2D eigenvalue weighted by atomic mass is 19.1. The molecule has 0 aliphatic carbocycles. The van der Waals surface area contributed by atoms with Gasteiger partial charge in [-0.05, 0) is 44.4 Å². The average Bonchev–Trinajstić information content (AvgIpc) is 2.45. The number of piperidine rings is 1. The van der Waals surface area contributed by atoms with Gasteiger partial charge in [0.2, 0.25) is 5.91 Å². The summed E-state index contributed by atoms with van der Waals surface area (Å²) in [4.78, 5) is 25.3. The molecule has 1 aromatic rings. The summed E-state index contributed by atoms with van der Waals surface area (Å²) >= 11 is 0. The van der Waals surface area contributed by atoms with Crippen molar-refractivity contribution in [3.63, 3.8) is 0 Å². The average molecular weight is 278 g/mol. The Labute approximate surface area is 118 Å². The maximum Gasteiger partial charge on any atom is 0.241 e. The molecule has 1 N–H and O–H groups in total. The van der Waals surface area contributed by atoms with Crippen LogP contribution in [0.15, 0.2) is 18.2 Å². The fourth-order valence-electron chi connectivity index (χ4n) is 2.40. The zero-order valence-electron chi connectivity index (χ0n) is 11.6. The van der Waals surface area contributed by atoms with E-state index < -0.39 is 5.82 Å². The molecule has 1 fully saturated rings. The van der Waals surface area contributed by atoms with Crippen LogP contribution in [-0.4, -0.2) is 36.2 Å². The Kier molecular flexibility index (Phi) is 4.71. The number of amides is 1. The molecule has 1 heterocycles. The number of hydrogen-bond acceptors (Lipinski definition) is 3. The lowest BCUT2D eigenvalue weighted by atomic mass is 10.1. The second kappa shape index (κ2) is 6.50. The van der Waals surface area contributed by atoms with Crippen LogP contribution in [0.25, 0.3) is 0 Å². The second-order valence-corrected chi connectivity index (χ2v) is 5.04. The summed E-state index contributed by atoms with van der Waals surface area (Å²) in [5.74, 6) is -0.593. The third-order valence-corrected chi connectivity index (χ3v) is 3.50. The van der Waals surface area contributed by atoms with E-state index in [1.165, 1.54) is 25.1 Å². The number of anilines is 1. The Balaban J connectivity index is 2.01. The van der Waals surface area contributed by atoms with E-state index in [-0.39, 0.29) is 18.2 Å². The number of Topliss-reactive ketones (excluding diaryl/α,β-unsaturated/α-hetero) is 1. The minimum Gasteiger partial charge on any atom is -0.375 e. The number of hydrogen-bond donors (Lipinski definition) is 1.